The zero-order chi connectivity index (χ0) is 28.9. The van der Waals surface area contributed by atoms with Crippen LogP contribution in [0.2, 0.25) is 0 Å². The van der Waals surface area contributed by atoms with E-state index < -0.39 is 79.1 Å². The number of phenolic OH excluding ortho intramolecular Hbond substituents is 1. The maximum atomic E-state index is 13.2. The van der Waals surface area contributed by atoms with Crippen molar-refractivity contribution in [2.45, 2.75) is 62.7 Å². The van der Waals surface area contributed by atoms with E-state index >= 15 is 0 Å². The van der Waals surface area contributed by atoms with E-state index in [0.29, 0.717) is 11.1 Å². The average Bonchev–Trinajstić information content (AvgIpc) is 3.35. The number of phenols is 1. The van der Waals surface area contributed by atoms with Crippen LogP contribution in [0.1, 0.15) is 18.9 Å². The van der Waals surface area contributed by atoms with Crippen molar-refractivity contribution >= 4 is 17.7 Å². The molecule has 2 heterocycles. The van der Waals surface area contributed by atoms with Crippen LogP contribution in [0.3, 0.4) is 0 Å². The summed E-state index contributed by atoms with van der Waals surface area (Å²) in [7, 11) is 0. The topological polar surface area (TPSA) is 189 Å². The van der Waals surface area contributed by atoms with Crippen molar-refractivity contribution in [2.24, 2.45) is 11.8 Å². The number of aliphatic hydroxyl groups is 4. The molecule has 0 amide bonds. The van der Waals surface area contributed by atoms with Crippen LogP contribution in [0.5, 0.6) is 5.75 Å². The number of rotatable bonds is 6. The summed E-state index contributed by atoms with van der Waals surface area (Å²) >= 11 is 0. The number of fused-ring (bicyclic) bond motifs is 3. The van der Waals surface area contributed by atoms with E-state index in [0.717, 1.165) is 0 Å². The Kier molecular flexibility index (Phi) is 7.55. The van der Waals surface area contributed by atoms with Gasteiger partial charge in [-0.3, -0.25) is 9.59 Å². The molecule has 2 aliphatic heterocycles. The number of aliphatic hydroxyl groups excluding tert-OH is 4. The highest BCUT2D eigenvalue weighted by molar-refractivity contribution is 6.09. The van der Waals surface area contributed by atoms with Gasteiger partial charge in [0.25, 0.3) is 0 Å². The second-order valence-electron chi connectivity index (χ2n) is 10.4. The van der Waals surface area contributed by atoms with E-state index in [-0.39, 0.29) is 35.5 Å². The SMILES string of the molecule is C=C1C(=O)OC2C3C(O[C@@H]4O[C@H](CO)[C@@H](O)[C@H](O)[C@H]4O)=CC(=O)C3=C(C)CC(OC(=O)Cc3ccc(O)cc3)C12. The largest absolute Gasteiger partial charge is 0.508 e. The van der Waals surface area contributed by atoms with Crippen molar-refractivity contribution in [3.63, 3.8) is 0 Å². The summed E-state index contributed by atoms with van der Waals surface area (Å²) in [6, 6.07) is 6.05. The maximum Gasteiger partial charge on any atom is 0.334 e. The van der Waals surface area contributed by atoms with Gasteiger partial charge in [0.2, 0.25) is 6.29 Å². The summed E-state index contributed by atoms with van der Waals surface area (Å²) in [5, 5.41) is 49.7. The van der Waals surface area contributed by atoms with Gasteiger partial charge in [0, 0.05) is 23.6 Å². The number of benzene rings is 1. The fourth-order valence-corrected chi connectivity index (χ4v) is 5.76. The van der Waals surface area contributed by atoms with Gasteiger partial charge in [-0.1, -0.05) is 24.3 Å². The standard InChI is InChI=1S/C28H30O12/c1-11-7-16(37-19(32)8-13-3-5-14(30)6-4-13)21-12(2)27(36)40-26(21)22-17(9-15(31)20(11)22)38-28-25(35)24(34)23(33)18(10-29)39-28/h3-6,9,16,18,21-26,28-30,33-35H,2,7-8,10H2,1H3/t16?,18-,21?,22?,23-,24+,25-,26?,28-/m1/s1. The minimum atomic E-state index is -1.72. The third-order valence-corrected chi connectivity index (χ3v) is 7.78. The van der Waals surface area contributed by atoms with Crippen LogP contribution in [0, 0.1) is 11.8 Å². The van der Waals surface area contributed by atoms with E-state index in [1.54, 1.807) is 19.1 Å². The molecular weight excluding hydrogens is 528 g/mol. The second-order valence-corrected chi connectivity index (χ2v) is 10.4. The number of allylic oxidation sites excluding steroid dienone is 1. The molecular formula is C28H30O12. The molecule has 5 rings (SSSR count). The average molecular weight is 559 g/mol. The van der Waals surface area contributed by atoms with Crippen LogP contribution in [0.4, 0.5) is 0 Å². The molecule has 1 aromatic rings. The Hall–Kier alpha value is -3.55. The summed E-state index contributed by atoms with van der Waals surface area (Å²) in [6.45, 7) is 4.87. The van der Waals surface area contributed by atoms with Gasteiger partial charge in [0.05, 0.1) is 24.9 Å². The second kappa shape index (κ2) is 10.8. The first-order valence-corrected chi connectivity index (χ1v) is 12.8. The van der Waals surface area contributed by atoms with E-state index in [1.807, 2.05) is 0 Å². The first-order chi connectivity index (χ1) is 19.0. The van der Waals surface area contributed by atoms with Crippen LogP contribution in [-0.4, -0.2) is 92.8 Å². The third kappa shape index (κ3) is 4.93. The summed E-state index contributed by atoms with van der Waals surface area (Å²) in [5.74, 6) is -3.50. The van der Waals surface area contributed by atoms with Gasteiger partial charge in [0.15, 0.2) is 5.78 Å². The normalized spacial score (nSPS) is 35.5. The lowest BCUT2D eigenvalue weighted by atomic mass is 9.83. The molecule has 0 aromatic heterocycles. The number of esters is 2. The van der Waals surface area contributed by atoms with Crippen LogP contribution in [-0.2, 0) is 39.8 Å². The van der Waals surface area contributed by atoms with Gasteiger partial charge in [-0.05, 0) is 24.6 Å². The number of hydrogen-bond acceptors (Lipinski definition) is 12. The molecule has 4 aliphatic rings. The predicted octanol–water partition coefficient (Wildman–Crippen LogP) is -0.436. The minimum absolute atomic E-state index is 0.0164. The molecule has 0 saturated carbocycles. The Labute approximate surface area is 228 Å². The van der Waals surface area contributed by atoms with Crippen molar-refractivity contribution < 1.29 is 58.9 Å². The van der Waals surface area contributed by atoms with Gasteiger partial charge in [-0.25, -0.2) is 4.79 Å². The van der Waals surface area contributed by atoms with Crippen LogP contribution < -0.4 is 0 Å². The first kappa shape index (κ1) is 28.0. The molecule has 0 bridgehead atoms. The molecule has 2 aliphatic carbocycles. The van der Waals surface area contributed by atoms with Gasteiger partial charge >= 0.3 is 11.9 Å². The van der Waals surface area contributed by atoms with Gasteiger partial charge in [-0.15, -0.1) is 0 Å². The summed E-state index contributed by atoms with van der Waals surface area (Å²) in [5.41, 5.74) is 1.51. The van der Waals surface area contributed by atoms with Crippen molar-refractivity contribution in [1.29, 1.82) is 0 Å². The molecule has 2 saturated heterocycles. The third-order valence-electron chi connectivity index (χ3n) is 7.78. The molecule has 0 radical (unpaired) electrons. The zero-order valence-electron chi connectivity index (χ0n) is 21.5. The maximum absolute atomic E-state index is 13.2. The molecule has 4 unspecified atom stereocenters. The lowest BCUT2D eigenvalue weighted by Gasteiger charge is -2.40. The van der Waals surface area contributed by atoms with Crippen molar-refractivity contribution in [1.82, 2.24) is 0 Å². The summed E-state index contributed by atoms with van der Waals surface area (Å²) < 4.78 is 22.7. The van der Waals surface area contributed by atoms with Gasteiger partial charge < -0.3 is 44.5 Å². The molecule has 9 atom stereocenters. The molecule has 12 heteroatoms. The highest BCUT2D eigenvalue weighted by atomic mass is 16.7. The number of hydrogen-bond donors (Lipinski definition) is 5. The van der Waals surface area contributed by atoms with E-state index in [2.05, 4.69) is 6.58 Å². The smallest absolute Gasteiger partial charge is 0.334 e. The summed E-state index contributed by atoms with van der Waals surface area (Å²) in [4.78, 5) is 38.7. The molecule has 0 spiro atoms. The fraction of sp³-hybridized carbons (Fsp3) is 0.464. The van der Waals surface area contributed by atoms with E-state index in [1.165, 1.54) is 18.2 Å². The highest BCUT2D eigenvalue weighted by Gasteiger charge is 2.56. The monoisotopic (exact) mass is 558 g/mol. The Morgan fingerprint density at radius 1 is 1.10 bits per heavy atom. The van der Waals surface area contributed by atoms with Gasteiger partial charge in [0.1, 0.15) is 48.1 Å². The number of carbonyl (C=O) groups excluding carboxylic acids is 3. The molecule has 214 valence electrons. The zero-order valence-corrected chi connectivity index (χ0v) is 21.5. The Balaban J connectivity index is 1.41. The van der Waals surface area contributed by atoms with Crippen LogP contribution >= 0.6 is 0 Å². The fourth-order valence-electron chi connectivity index (χ4n) is 5.76. The van der Waals surface area contributed by atoms with Crippen molar-refractivity contribution in [3.05, 3.63) is 65.0 Å². The predicted molar refractivity (Wildman–Crippen MR) is 133 cm³/mol. The molecule has 5 N–H and O–H groups in total. The van der Waals surface area contributed by atoms with Crippen molar-refractivity contribution in [3.8, 4) is 5.75 Å². The molecule has 2 fully saturated rings. The number of ketones is 1. The lowest BCUT2D eigenvalue weighted by Crippen LogP contribution is -2.59. The number of carbonyl (C=O) groups is 3. The Morgan fingerprint density at radius 2 is 1.80 bits per heavy atom. The van der Waals surface area contributed by atoms with E-state index in [4.69, 9.17) is 18.9 Å². The number of ether oxygens (including phenoxy) is 4. The Morgan fingerprint density at radius 3 is 2.48 bits per heavy atom. The minimum Gasteiger partial charge on any atom is -0.508 e. The van der Waals surface area contributed by atoms with Crippen LogP contribution in [0.25, 0.3) is 0 Å². The number of aromatic hydroxyl groups is 1. The van der Waals surface area contributed by atoms with E-state index in [9.17, 15) is 39.9 Å². The van der Waals surface area contributed by atoms with Crippen LogP contribution in [0.15, 0.2) is 59.4 Å². The highest BCUT2D eigenvalue weighted by Crippen LogP contribution is 2.49. The van der Waals surface area contributed by atoms with Gasteiger partial charge in [-0.2, -0.15) is 0 Å². The Bertz CT molecular complexity index is 1280. The molecule has 12 nitrogen and oxygen atoms in total. The molecule has 1 aromatic carbocycles. The van der Waals surface area contributed by atoms with Crippen molar-refractivity contribution in [2.75, 3.05) is 6.61 Å². The lowest BCUT2D eigenvalue weighted by molar-refractivity contribution is -0.293. The summed E-state index contributed by atoms with van der Waals surface area (Å²) in [6.07, 6.45) is -8.57. The first-order valence-electron chi connectivity index (χ1n) is 12.8. The quantitative estimate of drug-likeness (QED) is 0.224. The molecule has 40 heavy (non-hydrogen) atoms.